The van der Waals surface area contributed by atoms with E-state index in [0.29, 0.717) is 0 Å². The molecule has 0 fully saturated rings. The van der Waals surface area contributed by atoms with Crippen LogP contribution in [-0.4, -0.2) is 0 Å². The number of unbranched alkanes of at least 4 members (excludes halogenated alkanes) is 14. The zero-order chi connectivity index (χ0) is 15.3. The zero-order valence-corrected chi connectivity index (χ0v) is 15.3. The predicted molar refractivity (Wildman–Crippen MR) is 96.6 cm³/mol. The molecule has 0 aliphatic rings. The maximum Gasteiger partial charge on any atom is -0.0533 e. The van der Waals surface area contributed by atoms with Gasteiger partial charge >= 0.3 is 0 Å². The third-order valence-corrected chi connectivity index (χ3v) is 3.91. The molecule has 0 heterocycles. The van der Waals surface area contributed by atoms with E-state index in [9.17, 15) is 0 Å². The van der Waals surface area contributed by atoms with Crippen LogP contribution in [0.15, 0.2) is 0 Å². The smallest absolute Gasteiger partial charge is 0.0533 e. The van der Waals surface area contributed by atoms with E-state index in [1.165, 1.54) is 103 Å². The summed E-state index contributed by atoms with van der Waals surface area (Å²) in [5, 5.41) is 0. The Morgan fingerprint density at radius 2 is 0.400 bits per heavy atom. The van der Waals surface area contributed by atoms with Gasteiger partial charge in [-0.15, -0.1) is 0 Å². The van der Waals surface area contributed by atoms with Crippen molar-refractivity contribution in [1.29, 1.82) is 0 Å². The van der Waals surface area contributed by atoms with Gasteiger partial charge in [0.1, 0.15) is 0 Å². The number of hydrogen-bond donors (Lipinski definition) is 0. The van der Waals surface area contributed by atoms with Crippen molar-refractivity contribution in [3.05, 3.63) is 0 Å². The van der Waals surface area contributed by atoms with E-state index in [2.05, 4.69) is 27.7 Å². The summed E-state index contributed by atoms with van der Waals surface area (Å²) in [4.78, 5) is 0. The summed E-state index contributed by atoms with van der Waals surface area (Å²) in [7, 11) is 0. The molecular weight excluding hydrogens is 240 g/mol. The summed E-state index contributed by atoms with van der Waals surface area (Å²) in [6.07, 6.45) is 22.9. The molecule has 0 rings (SSSR count). The van der Waals surface area contributed by atoms with Gasteiger partial charge in [-0.1, -0.05) is 130 Å². The van der Waals surface area contributed by atoms with Crippen molar-refractivity contribution in [1.82, 2.24) is 0 Å². The Hall–Kier alpha value is 0. The highest BCUT2D eigenvalue weighted by Gasteiger charge is 1.88. The van der Waals surface area contributed by atoms with Gasteiger partial charge in [-0.3, -0.25) is 0 Å². The minimum atomic E-state index is 1.37. The average Bonchev–Trinajstić information content (AvgIpc) is 2.47. The van der Waals surface area contributed by atoms with Crippen LogP contribution >= 0.6 is 0 Å². The predicted octanol–water partition coefficient (Wildman–Crippen LogP) is 8.29. The van der Waals surface area contributed by atoms with Crippen LogP contribution in [0.3, 0.4) is 0 Å². The highest BCUT2D eigenvalue weighted by Crippen LogP contribution is 2.08. The van der Waals surface area contributed by atoms with E-state index in [1.54, 1.807) is 0 Å². The van der Waals surface area contributed by atoms with Gasteiger partial charge in [0.05, 0.1) is 0 Å². The molecule has 124 valence electrons. The Balaban J connectivity index is 0. The fourth-order valence-corrected chi connectivity index (χ4v) is 2.41. The molecule has 0 radical (unpaired) electrons. The monoisotopic (exact) mass is 284 g/mol. The van der Waals surface area contributed by atoms with Gasteiger partial charge in [0.15, 0.2) is 0 Å². The summed E-state index contributed by atoms with van der Waals surface area (Å²) in [6, 6.07) is 0. The zero-order valence-electron chi connectivity index (χ0n) is 15.3. The van der Waals surface area contributed by atoms with E-state index in [4.69, 9.17) is 0 Å². The number of rotatable bonds is 14. The fraction of sp³-hybridized carbons (Fsp3) is 1.00. The maximum absolute atomic E-state index is 2.27. The van der Waals surface area contributed by atoms with Gasteiger partial charge < -0.3 is 0 Å². The van der Waals surface area contributed by atoms with Crippen LogP contribution in [0.4, 0.5) is 0 Å². The summed E-state index contributed by atoms with van der Waals surface area (Å²) in [6.45, 7) is 9.08. The van der Waals surface area contributed by atoms with Crippen molar-refractivity contribution in [3.8, 4) is 0 Å². The molecule has 0 bridgehead atoms. The molecule has 0 spiro atoms. The van der Waals surface area contributed by atoms with Crippen molar-refractivity contribution in [2.24, 2.45) is 0 Å². The Labute approximate surface area is 131 Å². The first kappa shape index (κ1) is 22.3. The Kier molecular flexibility index (Phi) is 26.8. The first-order chi connectivity index (χ1) is 9.83. The molecule has 20 heavy (non-hydrogen) atoms. The standard InChI is InChI=1S/2C10H22/c2*1-3-5-7-9-10-8-6-4-2/h2*3-10H2,1-2H3. The van der Waals surface area contributed by atoms with E-state index in [0.717, 1.165) is 0 Å². The molecule has 0 saturated heterocycles. The van der Waals surface area contributed by atoms with E-state index in [1.807, 2.05) is 0 Å². The number of hydrogen-bond acceptors (Lipinski definition) is 0. The lowest BCUT2D eigenvalue weighted by molar-refractivity contribution is 0.585. The van der Waals surface area contributed by atoms with Crippen LogP contribution in [0.5, 0.6) is 0 Å². The Morgan fingerprint density at radius 1 is 0.250 bits per heavy atom. The molecule has 0 heteroatoms. The SMILES string of the molecule is CCCCCCCCCC.CCCCCCCCCC. The van der Waals surface area contributed by atoms with Crippen molar-refractivity contribution in [3.63, 3.8) is 0 Å². The molecule has 0 aromatic rings. The van der Waals surface area contributed by atoms with Gasteiger partial charge in [0.2, 0.25) is 0 Å². The molecule has 0 aliphatic heterocycles. The summed E-state index contributed by atoms with van der Waals surface area (Å²) in [5.74, 6) is 0. The molecule has 0 aromatic carbocycles. The van der Waals surface area contributed by atoms with Gasteiger partial charge in [0.25, 0.3) is 0 Å². The molecule has 0 saturated carbocycles. The molecule has 0 atom stereocenters. The molecule has 0 nitrogen and oxygen atoms in total. The molecule has 0 unspecified atom stereocenters. The quantitative estimate of drug-likeness (QED) is 0.281. The lowest BCUT2D eigenvalue weighted by Crippen LogP contribution is -1.77. The maximum atomic E-state index is 2.27. The van der Waals surface area contributed by atoms with Crippen molar-refractivity contribution >= 4 is 0 Å². The Morgan fingerprint density at radius 3 is 0.550 bits per heavy atom. The van der Waals surface area contributed by atoms with Crippen LogP contribution in [-0.2, 0) is 0 Å². The lowest BCUT2D eigenvalue weighted by atomic mass is 10.1. The van der Waals surface area contributed by atoms with Crippen molar-refractivity contribution in [2.45, 2.75) is 130 Å². The van der Waals surface area contributed by atoms with Crippen molar-refractivity contribution in [2.75, 3.05) is 0 Å². The Bertz CT molecular complexity index is 96.0. The largest absolute Gasteiger partial charge is 0.0654 e. The normalized spacial score (nSPS) is 10.2. The average molecular weight is 285 g/mol. The second-order valence-electron chi connectivity index (χ2n) is 6.24. The molecule has 0 amide bonds. The first-order valence-electron chi connectivity index (χ1n) is 9.83. The van der Waals surface area contributed by atoms with E-state index >= 15 is 0 Å². The van der Waals surface area contributed by atoms with Crippen LogP contribution < -0.4 is 0 Å². The third kappa shape index (κ3) is 26.5. The topological polar surface area (TPSA) is 0 Å². The van der Waals surface area contributed by atoms with Crippen LogP contribution in [0.1, 0.15) is 130 Å². The summed E-state index contributed by atoms with van der Waals surface area (Å²) >= 11 is 0. The van der Waals surface area contributed by atoms with Gasteiger partial charge in [-0.2, -0.15) is 0 Å². The molecule has 0 aliphatic carbocycles. The second kappa shape index (κ2) is 24.0. The minimum Gasteiger partial charge on any atom is -0.0654 e. The minimum absolute atomic E-state index is 1.37. The van der Waals surface area contributed by atoms with E-state index in [-0.39, 0.29) is 0 Å². The van der Waals surface area contributed by atoms with Gasteiger partial charge in [0, 0.05) is 0 Å². The molecule has 0 aromatic heterocycles. The molecular formula is C20H44. The summed E-state index contributed by atoms with van der Waals surface area (Å²) < 4.78 is 0. The highest BCUT2D eigenvalue weighted by atomic mass is 13.9. The van der Waals surface area contributed by atoms with Gasteiger partial charge in [-0.05, 0) is 0 Å². The van der Waals surface area contributed by atoms with E-state index < -0.39 is 0 Å². The van der Waals surface area contributed by atoms with Gasteiger partial charge in [-0.25, -0.2) is 0 Å². The fourth-order valence-electron chi connectivity index (χ4n) is 2.41. The van der Waals surface area contributed by atoms with Crippen LogP contribution in [0.25, 0.3) is 0 Å². The first-order valence-corrected chi connectivity index (χ1v) is 9.83. The lowest BCUT2D eigenvalue weighted by Gasteiger charge is -1.97. The molecule has 0 N–H and O–H groups in total. The summed E-state index contributed by atoms with van der Waals surface area (Å²) in [5.41, 5.74) is 0. The highest BCUT2D eigenvalue weighted by molar-refractivity contribution is 4.44. The third-order valence-electron chi connectivity index (χ3n) is 3.91. The van der Waals surface area contributed by atoms with Crippen molar-refractivity contribution < 1.29 is 0 Å². The van der Waals surface area contributed by atoms with Crippen LogP contribution in [0.2, 0.25) is 0 Å². The van der Waals surface area contributed by atoms with Crippen LogP contribution in [0, 0.1) is 0 Å². The second-order valence-corrected chi connectivity index (χ2v) is 6.24.